The molecule has 1 aromatic carbocycles. The highest BCUT2D eigenvalue weighted by atomic mass is 16.5. The van der Waals surface area contributed by atoms with Gasteiger partial charge in [-0.25, -0.2) is 9.59 Å². The molecule has 7 nitrogen and oxygen atoms in total. The number of rotatable bonds is 8. The van der Waals surface area contributed by atoms with Gasteiger partial charge < -0.3 is 25.4 Å². The Balaban J connectivity index is 2.43. The molecule has 1 heterocycles. The highest BCUT2D eigenvalue weighted by Gasteiger charge is 2.35. The van der Waals surface area contributed by atoms with Crippen molar-refractivity contribution in [3.63, 3.8) is 0 Å². The molecule has 142 valence electrons. The fraction of sp³-hybridized carbons (Fsp3) is 0.474. The van der Waals surface area contributed by atoms with E-state index in [4.69, 9.17) is 9.47 Å². The molecule has 0 radical (unpaired) electrons. The fourth-order valence-corrected chi connectivity index (χ4v) is 2.98. The van der Waals surface area contributed by atoms with Crippen LogP contribution < -0.4 is 16.0 Å². The van der Waals surface area contributed by atoms with Crippen LogP contribution in [0.15, 0.2) is 29.5 Å². The Bertz CT molecular complexity index is 700. The second-order valence-corrected chi connectivity index (χ2v) is 6.28. The summed E-state index contributed by atoms with van der Waals surface area (Å²) in [4.78, 5) is 24.9. The van der Waals surface area contributed by atoms with Gasteiger partial charge in [0.1, 0.15) is 6.54 Å². The van der Waals surface area contributed by atoms with Gasteiger partial charge in [0.15, 0.2) is 0 Å². The zero-order chi connectivity index (χ0) is 19.1. The van der Waals surface area contributed by atoms with Gasteiger partial charge in [-0.15, -0.1) is 0 Å². The van der Waals surface area contributed by atoms with Crippen LogP contribution in [0.4, 0.5) is 4.79 Å². The monoisotopic (exact) mass is 362 g/mol. The molecule has 2 amide bonds. The summed E-state index contributed by atoms with van der Waals surface area (Å²) in [5, 5.41) is 7.64. The van der Waals surface area contributed by atoms with Gasteiger partial charge >= 0.3 is 12.0 Å². The SMILES string of the molecule is CCOC(=O)C1=C(C[NH2+]CCOC)NC(=O)N[C@@H]1c1cc(C)ccc1C. The van der Waals surface area contributed by atoms with Crippen LogP contribution in [0.1, 0.15) is 29.7 Å². The van der Waals surface area contributed by atoms with Crippen molar-refractivity contribution in [3.05, 3.63) is 46.2 Å². The maximum absolute atomic E-state index is 12.7. The summed E-state index contributed by atoms with van der Waals surface area (Å²) in [6, 6.07) is 5.14. The lowest BCUT2D eigenvalue weighted by molar-refractivity contribution is -0.649. The molecule has 1 aliphatic heterocycles. The van der Waals surface area contributed by atoms with Crippen LogP contribution in [-0.4, -0.2) is 45.4 Å². The second kappa shape index (κ2) is 9.35. The quantitative estimate of drug-likeness (QED) is 0.468. The van der Waals surface area contributed by atoms with E-state index in [1.807, 2.05) is 37.4 Å². The molecule has 0 bridgehead atoms. The molecular weight excluding hydrogens is 334 g/mol. The van der Waals surface area contributed by atoms with Crippen LogP contribution in [0.25, 0.3) is 0 Å². The maximum Gasteiger partial charge on any atom is 0.338 e. The van der Waals surface area contributed by atoms with Gasteiger partial charge in [0, 0.05) is 7.11 Å². The Morgan fingerprint density at radius 2 is 2.08 bits per heavy atom. The van der Waals surface area contributed by atoms with E-state index in [0.29, 0.717) is 24.4 Å². The van der Waals surface area contributed by atoms with Gasteiger partial charge in [-0.2, -0.15) is 0 Å². The summed E-state index contributed by atoms with van der Waals surface area (Å²) in [5.41, 5.74) is 4.00. The number of urea groups is 1. The highest BCUT2D eigenvalue weighted by Crippen LogP contribution is 2.30. The number of aryl methyl sites for hydroxylation is 2. The van der Waals surface area contributed by atoms with Crippen molar-refractivity contribution in [3.8, 4) is 0 Å². The summed E-state index contributed by atoms with van der Waals surface area (Å²) >= 11 is 0. The molecular formula is C19H28N3O4+. The maximum atomic E-state index is 12.7. The van der Waals surface area contributed by atoms with E-state index in [-0.39, 0.29) is 12.6 Å². The predicted molar refractivity (Wildman–Crippen MR) is 97.5 cm³/mol. The van der Waals surface area contributed by atoms with E-state index in [2.05, 4.69) is 10.6 Å². The number of esters is 1. The average molecular weight is 362 g/mol. The number of amides is 2. The molecule has 1 atom stereocenters. The lowest BCUT2D eigenvalue weighted by Gasteiger charge is -2.29. The molecule has 1 aromatic rings. The van der Waals surface area contributed by atoms with Crippen molar-refractivity contribution in [2.45, 2.75) is 26.8 Å². The summed E-state index contributed by atoms with van der Waals surface area (Å²) < 4.78 is 10.3. The van der Waals surface area contributed by atoms with Gasteiger partial charge in [-0.05, 0) is 31.9 Å². The van der Waals surface area contributed by atoms with E-state index >= 15 is 0 Å². The number of quaternary nitrogens is 1. The molecule has 1 aliphatic rings. The fourth-order valence-electron chi connectivity index (χ4n) is 2.98. The van der Waals surface area contributed by atoms with Gasteiger partial charge in [-0.3, -0.25) is 0 Å². The van der Waals surface area contributed by atoms with Gasteiger partial charge in [0.2, 0.25) is 0 Å². The minimum Gasteiger partial charge on any atom is -0.463 e. The summed E-state index contributed by atoms with van der Waals surface area (Å²) in [5.74, 6) is -0.416. The number of carbonyl (C=O) groups is 2. The minimum absolute atomic E-state index is 0.274. The van der Waals surface area contributed by atoms with Gasteiger partial charge in [0.05, 0.1) is 37.1 Å². The molecule has 0 spiro atoms. The Morgan fingerprint density at radius 1 is 1.31 bits per heavy atom. The number of nitrogens with one attached hydrogen (secondary N) is 2. The standard InChI is InChI=1S/C19H27N3O4/c1-5-26-18(23)16-15(11-20-8-9-25-4)21-19(24)22-17(16)14-10-12(2)6-7-13(14)3/h6-7,10,17,20H,5,8-9,11H2,1-4H3,(H2,21,22,24)/p+1/t17-/m1/s1. The van der Waals surface area contributed by atoms with E-state index < -0.39 is 12.0 Å². The van der Waals surface area contributed by atoms with Crippen molar-refractivity contribution < 1.29 is 24.4 Å². The first-order valence-corrected chi connectivity index (χ1v) is 8.83. The molecule has 0 fully saturated rings. The number of hydrogen-bond acceptors (Lipinski definition) is 4. The van der Waals surface area contributed by atoms with Gasteiger partial charge in [0.25, 0.3) is 0 Å². The predicted octanol–water partition coefficient (Wildman–Crippen LogP) is 0.684. The third-order valence-corrected chi connectivity index (χ3v) is 4.27. The number of benzene rings is 1. The van der Waals surface area contributed by atoms with E-state index in [1.54, 1.807) is 14.0 Å². The molecule has 0 aromatic heterocycles. The molecule has 0 saturated carbocycles. The third-order valence-electron chi connectivity index (χ3n) is 4.27. The Hall–Kier alpha value is -2.38. The molecule has 0 unspecified atom stereocenters. The molecule has 2 rings (SSSR count). The number of carbonyl (C=O) groups excluding carboxylic acids is 2. The van der Waals surface area contributed by atoms with Crippen molar-refractivity contribution >= 4 is 12.0 Å². The van der Waals surface area contributed by atoms with Crippen molar-refractivity contribution in [2.75, 3.05) is 33.4 Å². The smallest absolute Gasteiger partial charge is 0.338 e. The number of hydrogen-bond donors (Lipinski definition) is 3. The van der Waals surface area contributed by atoms with Crippen LogP contribution in [0, 0.1) is 13.8 Å². The summed E-state index contributed by atoms with van der Waals surface area (Å²) in [6.45, 7) is 7.78. The number of ether oxygens (including phenoxy) is 2. The normalized spacial score (nSPS) is 16.9. The first kappa shape index (κ1) is 19.9. The summed E-state index contributed by atoms with van der Waals surface area (Å²) in [7, 11) is 1.64. The highest BCUT2D eigenvalue weighted by molar-refractivity contribution is 5.95. The third kappa shape index (κ3) is 4.83. The van der Waals surface area contributed by atoms with Crippen LogP contribution >= 0.6 is 0 Å². The average Bonchev–Trinajstić information content (AvgIpc) is 2.60. The number of methoxy groups -OCH3 is 1. The molecule has 4 N–H and O–H groups in total. The molecule has 0 saturated heterocycles. The van der Waals surface area contributed by atoms with Crippen LogP contribution in [0.3, 0.4) is 0 Å². The lowest BCUT2D eigenvalue weighted by Crippen LogP contribution is -2.86. The molecule has 26 heavy (non-hydrogen) atoms. The first-order valence-electron chi connectivity index (χ1n) is 8.83. The zero-order valence-corrected chi connectivity index (χ0v) is 15.8. The zero-order valence-electron chi connectivity index (χ0n) is 15.8. The second-order valence-electron chi connectivity index (χ2n) is 6.28. The topological polar surface area (TPSA) is 93.3 Å². The molecule has 7 heteroatoms. The van der Waals surface area contributed by atoms with Crippen LogP contribution in [0.2, 0.25) is 0 Å². The Labute approximate surface area is 154 Å². The van der Waals surface area contributed by atoms with Crippen LogP contribution in [-0.2, 0) is 14.3 Å². The summed E-state index contributed by atoms with van der Waals surface area (Å²) in [6.07, 6.45) is 0. The lowest BCUT2D eigenvalue weighted by atomic mass is 9.91. The van der Waals surface area contributed by atoms with Crippen LogP contribution in [0.5, 0.6) is 0 Å². The van der Waals surface area contributed by atoms with E-state index in [9.17, 15) is 9.59 Å². The first-order chi connectivity index (χ1) is 12.5. The number of nitrogens with two attached hydrogens (primary N) is 1. The Kier molecular flexibility index (Phi) is 7.17. The van der Waals surface area contributed by atoms with Crippen molar-refractivity contribution in [1.82, 2.24) is 10.6 Å². The minimum atomic E-state index is -0.534. The van der Waals surface area contributed by atoms with Crippen molar-refractivity contribution in [1.29, 1.82) is 0 Å². The van der Waals surface area contributed by atoms with Crippen molar-refractivity contribution in [2.24, 2.45) is 0 Å². The largest absolute Gasteiger partial charge is 0.463 e. The van der Waals surface area contributed by atoms with Gasteiger partial charge in [-0.1, -0.05) is 23.8 Å². The Morgan fingerprint density at radius 3 is 2.77 bits per heavy atom. The van der Waals surface area contributed by atoms with E-state index in [1.165, 1.54) is 0 Å². The molecule has 0 aliphatic carbocycles. The van der Waals surface area contributed by atoms with E-state index in [0.717, 1.165) is 23.2 Å².